The topological polar surface area (TPSA) is 47.2 Å². The second-order valence-corrected chi connectivity index (χ2v) is 7.20. The number of alkyl halides is 3. The third-order valence-corrected chi connectivity index (χ3v) is 4.87. The fourth-order valence-electron chi connectivity index (χ4n) is 3.05. The highest BCUT2D eigenvalue weighted by molar-refractivity contribution is 5.71. The standard InChI is InChI=1S/C23H20F3N3O2/c1-27(2)18-12-8-16(9-13-18)20-19(28(3)22(31)29(4)21(20)30)14-7-15-5-10-17(11-6-15)23(24,25)26/h5-6,8-13H,1-4H3. The highest BCUT2D eigenvalue weighted by Gasteiger charge is 2.29. The molecule has 5 nitrogen and oxygen atoms in total. The van der Waals surface area contributed by atoms with Gasteiger partial charge in [-0.2, -0.15) is 13.2 Å². The molecule has 31 heavy (non-hydrogen) atoms. The Balaban J connectivity index is 2.16. The minimum Gasteiger partial charge on any atom is -0.378 e. The van der Waals surface area contributed by atoms with Crippen LogP contribution in [-0.4, -0.2) is 23.2 Å². The fourth-order valence-corrected chi connectivity index (χ4v) is 3.05. The largest absolute Gasteiger partial charge is 0.416 e. The van der Waals surface area contributed by atoms with Gasteiger partial charge in [0, 0.05) is 39.4 Å². The molecular weight excluding hydrogens is 407 g/mol. The van der Waals surface area contributed by atoms with Crippen LogP contribution in [0.3, 0.4) is 0 Å². The van der Waals surface area contributed by atoms with E-state index in [4.69, 9.17) is 0 Å². The lowest BCUT2D eigenvalue weighted by Gasteiger charge is -2.14. The molecule has 160 valence electrons. The quantitative estimate of drug-likeness (QED) is 0.590. The maximum atomic E-state index is 12.9. The number of hydrogen-bond acceptors (Lipinski definition) is 3. The van der Waals surface area contributed by atoms with Gasteiger partial charge in [0.25, 0.3) is 5.56 Å². The average molecular weight is 427 g/mol. The highest BCUT2D eigenvalue weighted by Crippen LogP contribution is 2.29. The van der Waals surface area contributed by atoms with Crippen molar-refractivity contribution in [1.29, 1.82) is 0 Å². The summed E-state index contributed by atoms with van der Waals surface area (Å²) in [5.74, 6) is 5.57. The SMILES string of the molecule is CN(C)c1ccc(-c2c(C#Cc3ccc(C(F)(F)F)cc3)n(C)c(=O)n(C)c2=O)cc1. The van der Waals surface area contributed by atoms with Crippen molar-refractivity contribution in [2.45, 2.75) is 6.18 Å². The molecule has 0 aliphatic heterocycles. The van der Waals surface area contributed by atoms with Crippen molar-refractivity contribution in [2.24, 2.45) is 14.1 Å². The summed E-state index contributed by atoms with van der Waals surface area (Å²) < 4.78 is 40.5. The number of halogens is 3. The molecule has 0 fully saturated rings. The summed E-state index contributed by atoms with van der Waals surface area (Å²) >= 11 is 0. The molecule has 2 aromatic carbocycles. The Hall–Kier alpha value is -3.73. The van der Waals surface area contributed by atoms with Crippen LogP contribution in [0.2, 0.25) is 0 Å². The third kappa shape index (κ3) is 4.40. The van der Waals surface area contributed by atoms with E-state index in [-0.39, 0.29) is 11.3 Å². The Kier molecular flexibility index (Phi) is 5.80. The van der Waals surface area contributed by atoms with Crippen LogP contribution in [0.1, 0.15) is 16.8 Å². The Morgan fingerprint density at radius 3 is 1.94 bits per heavy atom. The first-order valence-electron chi connectivity index (χ1n) is 9.27. The predicted molar refractivity (Wildman–Crippen MR) is 114 cm³/mol. The van der Waals surface area contributed by atoms with Gasteiger partial charge in [0.1, 0.15) is 5.69 Å². The summed E-state index contributed by atoms with van der Waals surface area (Å²) in [5.41, 5.74) is 0.449. The first-order valence-corrected chi connectivity index (χ1v) is 9.27. The molecular formula is C23H20F3N3O2. The monoisotopic (exact) mass is 427 g/mol. The summed E-state index contributed by atoms with van der Waals surface area (Å²) in [5, 5.41) is 0. The van der Waals surface area contributed by atoms with Crippen LogP contribution in [0.15, 0.2) is 58.1 Å². The number of nitrogens with zero attached hydrogens (tertiary/aromatic N) is 3. The van der Waals surface area contributed by atoms with Crippen LogP contribution in [0.25, 0.3) is 11.1 Å². The molecule has 3 aromatic rings. The molecule has 0 N–H and O–H groups in total. The minimum absolute atomic E-state index is 0.186. The van der Waals surface area contributed by atoms with Gasteiger partial charge in [0.2, 0.25) is 0 Å². The van der Waals surface area contributed by atoms with Crippen LogP contribution in [-0.2, 0) is 20.3 Å². The van der Waals surface area contributed by atoms with E-state index in [0.717, 1.165) is 22.4 Å². The molecule has 0 bridgehead atoms. The smallest absolute Gasteiger partial charge is 0.378 e. The Bertz CT molecular complexity index is 1290. The summed E-state index contributed by atoms with van der Waals surface area (Å²) in [7, 11) is 6.66. The summed E-state index contributed by atoms with van der Waals surface area (Å²) in [6, 6.07) is 11.6. The van der Waals surface area contributed by atoms with Gasteiger partial charge in [-0.1, -0.05) is 18.1 Å². The number of hydrogen-bond donors (Lipinski definition) is 0. The van der Waals surface area contributed by atoms with Crippen molar-refractivity contribution in [3.05, 3.63) is 86.2 Å². The molecule has 1 aromatic heterocycles. The first kappa shape index (κ1) is 22.0. The molecule has 0 atom stereocenters. The van der Waals surface area contributed by atoms with Crippen LogP contribution in [0, 0.1) is 11.8 Å². The maximum absolute atomic E-state index is 12.9. The second kappa shape index (κ2) is 8.19. The lowest BCUT2D eigenvalue weighted by molar-refractivity contribution is -0.137. The van der Waals surface area contributed by atoms with E-state index in [1.165, 1.54) is 30.8 Å². The number of aromatic nitrogens is 2. The van der Waals surface area contributed by atoms with Gasteiger partial charge in [-0.3, -0.25) is 13.9 Å². The van der Waals surface area contributed by atoms with E-state index in [9.17, 15) is 22.8 Å². The first-order chi connectivity index (χ1) is 14.5. The number of benzene rings is 2. The molecule has 0 aliphatic carbocycles. The lowest BCUT2D eigenvalue weighted by Crippen LogP contribution is -2.39. The van der Waals surface area contributed by atoms with Crippen LogP contribution in [0.5, 0.6) is 0 Å². The molecule has 8 heteroatoms. The molecule has 0 amide bonds. The zero-order valence-corrected chi connectivity index (χ0v) is 17.4. The zero-order chi connectivity index (χ0) is 22.9. The van der Waals surface area contributed by atoms with Crippen LogP contribution >= 0.6 is 0 Å². The Morgan fingerprint density at radius 2 is 1.42 bits per heavy atom. The van der Waals surface area contributed by atoms with Gasteiger partial charge in [-0.25, -0.2) is 4.79 Å². The molecule has 0 saturated carbocycles. The van der Waals surface area contributed by atoms with Crippen molar-refractivity contribution in [3.8, 4) is 23.0 Å². The van der Waals surface area contributed by atoms with Crippen molar-refractivity contribution < 1.29 is 13.2 Å². The number of anilines is 1. The van der Waals surface area contributed by atoms with E-state index in [0.29, 0.717) is 11.1 Å². The molecule has 0 radical (unpaired) electrons. The van der Waals surface area contributed by atoms with Gasteiger partial charge in [-0.05, 0) is 47.9 Å². The van der Waals surface area contributed by atoms with E-state index in [2.05, 4.69) is 11.8 Å². The van der Waals surface area contributed by atoms with Gasteiger partial charge in [0.05, 0.1) is 11.1 Å². The lowest BCUT2D eigenvalue weighted by atomic mass is 10.0. The van der Waals surface area contributed by atoms with Gasteiger partial charge in [-0.15, -0.1) is 0 Å². The summed E-state index contributed by atoms with van der Waals surface area (Å²) in [6.07, 6.45) is -4.44. The molecule has 3 rings (SSSR count). The highest BCUT2D eigenvalue weighted by atomic mass is 19.4. The second-order valence-electron chi connectivity index (χ2n) is 7.20. The minimum atomic E-state index is -4.44. The van der Waals surface area contributed by atoms with Crippen molar-refractivity contribution in [2.75, 3.05) is 19.0 Å². The average Bonchev–Trinajstić information content (AvgIpc) is 2.73. The van der Waals surface area contributed by atoms with Gasteiger partial charge in [0.15, 0.2) is 0 Å². The third-order valence-electron chi connectivity index (χ3n) is 4.87. The van der Waals surface area contributed by atoms with E-state index >= 15 is 0 Å². The van der Waals surface area contributed by atoms with Crippen molar-refractivity contribution >= 4 is 5.69 Å². The van der Waals surface area contributed by atoms with E-state index in [1.807, 2.05) is 31.1 Å². The zero-order valence-electron chi connectivity index (χ0n) is 17.4. The Morgan fingerprint density at radius 1 is 0.839 bits per heavy atom. The maximum Gasteiger partial charge on any atom is 0.416 e. The van der Waals surface area contributed by atoms with Crippen LogP contribution in [0.4, 0.5) is 18.9 Å². The van der Waals surface area contributed by atoms with E-state index in [1.54, 1.807) is 12.1 Å². The van der Waals surface area contributed by atoms with E-state index < -0.39 is 23.0 Å². The molecule has 0 saturated heterocycles. The molecule has 0 spiro atoms. The summed E-state index contributed by atoms with van der Waals surface area (Å²) in [6.45, 7) is 0. The fraction of sp³-hybridized carbons (Fsp3) is 0.217. The molecule has 1 heterocycles. The molecule has 0 aliphatic rings. The van der Waals surface area contributed by atoms with Crippen molar-refractivity contribution in [3.63, 3.8) is 0 Å². The number of rotatable bonds is 2. The predicted octanol–water partition coefficient (Wildman–Crippen LogP) is 3.24. The summed E-state index contributed by atoms with van der Waals surface area (Å²) in [4.78, 5) is 27.2. The van der Waals surface area contributed by atoms with Gasteiger partial charge >= 0.3 is 11.9 Å². The Labute approximate surface area is 177 Å². The van der Waals surface area contributed by atoms with Crippen LogP contribution < -0.4 is 16.1 Å². The van der Waals surface area contributed by atoms with Crippen molar-refractivity contribution in [1.82, 2.24) is 9.13 Å². The van der Waals surface area contributed by atoms with Gasteiger partial charge < -0.3 is 4.90 Å². The normalized spacial score (nSPS) is 11.1. The molecule has 0 unspecified atom stereocenters.